The molecule has 2 aliphatic heterocycles. The molecule has 1 N–H and O–H groups in total. The number of ether oxygens (including phenoxy) is 4. The lowest BCUT2D eigenvalue weighted by molar-refractivity contribution is -0.120. The smallest absolute Gasteiger partial charge is 0.231 e. The molecule has 0 aromatic heterocycles. The summed E-state index contributed by atoms with van der Waals surface area (Å²) in [6.45, 7) is 0.875. The van der Waals surface area contributed by atoms with Crippen molar-refractivity contribution in [3.05, 3.63) is 46.5 Å². The highest BCUT2D eigenvalue weighted by atomic mass is 16.7. The number of Topliss-reactive ketones (excluding diaryl/α,β-unsaturated/α-hetero) is 1. The Morgan fingerprint density at radius 3 is 2.74 bits per heavy atom. The maximum absolute atomic E-state index is 12.9. The monoisotopic (exact) mass is 427 g/mol. The first kappa shape index (κ1) is 21.5. The van der Waals surface area contributed by atoms with E-state index in [1.807, 2.05) is 31.3 Å². The second-order valence-electron chi connectivity index (χ2n) is 8.00. The average Bonchev–Trinajstić information content (AvgIpc) is 3.26. The number of rotatable bonds is 8. The Bertz CT molecular complexity index is 973. The van der Waals surface area contributed by atoms with Crippen LogP contribution < -0.4 is 18.9 Å². The first-order valence-electron chi connectivity index (χ1n) is 10.5. The summed E-state index contributed by atoms with van der Waals surface area (Å²) < 4.78 is 21.8. The van der Waals surface area contributed by atoms with Gasteiger partial charge in [-0.25, -0.2) is 0 Å². The molecule has 1 atom stereocenters. The molecule has 0 fully saturated rings. The number of aliphatic hydroxyl groups is 1. The average molecular weight is 427 g/mol. The van der Waals surface area contributed by atoms with Gasteiger partial charge >= 0.3 is 0 Å². The molecule has 4 rings (SSSR count). The fraction of sp³-hybridized carbons (Fsp3) is 0.458. The molecule has 1 unspecified atom stereocenters. The molecule has 2 aromatic rings. The summed E-state index contributed by atoms with van der Waals surface area (Å²) in [7, 11) is 5.24. The van der Waals surface area contributed by atoms with Crippen molar-refractivity contribution >= 4 is 5.78 Å². The highest BCUT2D eigenvalue weighted by Crippen LogP contribution is 2.45. The number of benzene rings is 2. The van der Waals surface area contributed by atoms with Crippen LogP contribution in [-0.2, 0) is 24.2 Å². The first-order valence-corrected chi connectivity index (χ1v) is 10.5. The van der Waals surface area contributed by atoms with Crippen LogP contribution in [0.5, 0.6) is 23.0 Å². The second-order valence-corrected chi connectivity index (χ2v) is 8.00. The lowest BCUT2D eigenvalue weighted by Crippen LogP contribution is -2.34. The van der Waals surface area contributed by atoms with E-state index >= 15 is 0 Å². The molecule has 0 radical (unpaired) electrons. The molecule has 0 saturated carbocycles. The van der Waals surface area contributed by atoms with Gasteiger partial charge in [0.05, 0.1) is 20.8 Å². The maximum Gasteiger partial charge on any atom is 0.231 e. The van der Waals surface area contributed by atoms with Crippen molar-refractivity contribution < 1.29 is 28.8 Å². The van der Waals surface area contributed by atoms with Crippen LogP contribution in [-0.4, -0.2) is 50.4 Å². The highest BCUT2D eigenvalue weighted by Gasteiger charge is 2.33. The summed E-state index contributed by atoms with van der Waals surface area (Å²) >= 11 is 0. The number of nitrogens with zero attached hydrogens (tertiary/aromatic N) is 1. The number of ketones is 1. The van der Waals surface area contributed by atoms with Crippen molar-refractivity contribution in [2.24, 2.45) is 0 Å². The molecule has 0 aliphatic carbocycles. The molecule has 2 aromatic carbocycles. The predicted octanol–water partition coefficient (Wildman–Crippen LogP) is 3.05. The molecular formula is C24H29NO6. The summed E-state index contributed by atoms with van der Waals surface area (Å²) in [6.07, 6.45) is 2.32. The number of carbonyl (C=O) groups is 1. The van der Waals surface area contributed by atoms with Gasteiger partial charge in [-0.05, 0) is 54.8 Å². The fourth-order valence-electron chi connectivity index (χ4n) is 4.53. The third kappa shape index (κ3) is 4.20. The molecule has 0 saturated heterocycles. The summed E-state index contributed by atoms with van der Waals surface area (Å²) in [5.74, 6) is 2.82. The van der Waals surface area contributed by atoms with E-state index in [0.29, 0.717) is 42.3 Å². The van der Waals surface area contributed by atoms with Gasteiger partial charge in [0.15, 0.2) is 23.0 Å². The molecule has 0 amide bonds. The number of likely N-dealkylation sites (N-methyl/N-ethyl adjacent to an activating group) is 1. The Morgan fingerprint density at radius 2 is 2.00 bits per heavy atom. The Kier molecular flexibility index (Phi) is 6.34. The minimum absolute atomic E-state index is 0.0849. The molecule has 2 aliphatic rings. The maximum atomic E-state index is 12.9. The number of hydrogen-bond donors (Lipinski definition) is 1. The van der Waals surface area contributed by atoms with Gasteiger partial charge in [-0.2, -0.15) is 0 Å². The number of aliphatic hydroxyl groups excluding tert-OH is 1. The largest absolute Gasteiger partial charge is 0.493 e. The van der Waals surface area contributed by atoms with Gasteiger partial charge in [-0.1, -0.05) is 6.07 Å². The Hall–Kier alpha value is -2.77. The van der Waals surface area contributed by atoms with E-state index in [-0.39, 0.29) is 25.2 Å². The molecule has 2 heterocycles. The predicted molar refractivity (Wildman–Crippen MR) is 115 cm³/mol. The lowest BCUT2D eigenvalue weighted by Gasteiger charge is -2.36. The van der Waals surface area contributed by atoms with Crippen LogP contribution in [0.4, 0.5) is 0 Å². The van der Waals surface area contributed by atoms with Gasteiger partial charge < -0.3 is 24.1 Å². The SMILES string of the molecule is COc1ccc(CCC(=O)CC2c3c(cc4c(c3CO)OCO4)CCN2C)cc1OC. The zero-order valence-corrected chi connectivity index (χ0v) is 18.3. The van der Waals surface area contributed by atoms with Crippen LogP contribution in [0.1, 0.15) is 41.1 Å². The normalized spacial score (nSPS) is 17.4. The van der Waals surface area contributed by atoms with Crippen LogP contribution in [0, 0.1) is 0 Å². The number of carbonyl (C=O) groups excluding carboxylic acids is 1. The zero-order chi connectivity index (χ0) is 22.0. The third-order valence-corrected chi connectivity index (χ3v) is 6.21. The topological polar surface area (TPSA) is 77.5 Å². The van der Waals surface area contributed by atoms with Crippen molar-refractivity contribution in [1.82, 2.24) is 4.90 Å². The molecule has 7 nitrogen and oxygen atoms in total. The van der Waals surface area contributed by atoms with E-state index in [1.54, 1.807) is 14.2 Å². The molecule has 0 bridgehead atoms. The van der Waals surface area contributed by atoms with Crippen molar-refractivity contribution in [2.45, 2.75) is 38.3 Å². The summed E-state index contributed by atoms with van der Waals surface area (Å²) in [5, 5.41) is 10.1. The fourth-order valence-corrected chi connectivity index (χ4v) is 4.53. The number of hydrogen-bond acceptors (Lipinski definition) is 7. The molecule has 166 valence electrons. The minimum Gasteiger partial charge on any atom is -0.493 e. The molecule has 0 spiro atoms. The van der Waals surface area contributed by atoms with E-state index < -0.39 is 0 Å². The first-order chi connectivity index (χ1) is 15.0. The van der Waals surface area contributed by atoms with E-state index in [2.05, 4.69) is 4.90 Å². The van der Waals surface area contributed by atoms with Gasteiger partial charge in [0.2, 0.25) is 6.79 Å². The van der Waals surface area contributed by atoms with E-state index in [9.17, 15) is 9.90 Å². The van der Waals surface area contributed by atoms with E-state index in [0.717, 1.165) is 35.2 Å². The number of aryl methyl sites for hydroxylation is 1. The molecular weight excluding hydrogens is 398 g/mol. The van der Waals surface area contributed by atoms with E-state index in [1.165, 1.54) is 0 Å². The molecule has 31 heavy (non-hydrogen) atoms. The summed E-state index contributed by atoms with van der Waals surface area (Å²) in [4.78, 5) is 15.1. The van der Waals surface area contributed by atoms with Gasteiger partial charge in [0, 0.05) is 31.0 Å². The van der Waals surface area contributed by atoms with Gasteiger partial charge in [-0.3, -0.25) is 9.69 Å². The third-order valence-electron chi connectivity index (χ3n) is 6.21. The van der Waals surface area contributed by atoms with Crippen molar-refractivity contribution in [3.8, 4) is 23.0 Å². The van der Waals surface area contributed by atoms with Gasteiger partial charge in [0.25, 0.3) is 0 Å². The van der Waals surface area contributed by atoms with Gasteiger partial charge in [-0.15, -0.1) is 0 Å². The Morgan fingerprint density at radius 1 is 1.19 bits per heavy atom. The minimum atomic E-state index is -0.140. The number of methoxy groups -OCH3 is 2. The second kappa shape index (κ2) is 9.16. The van der Waals surface area contributed by atoms with Crippen LogP contribution >= 0.6 is 0 Å². The highest BCUT2D eigenvalue weighted by molar-refractivity contribution is 5.80. The Balaban J connectivity index is 1.50. The van der Waals surface area contributed by atoms with Gasteiger partial charge in [0.1, 0.15) is 5.78 Å². The summed E-state index contributed by atoms with van der Waals surface area (Å²) in [6, 6.07) is 7.66. The lowest BCUT2D eigenvalue weighted by atomic mass is 9.85. The van der Waals surface area contributed by atoms with Crippen molar-refractivity contribution in [1.29, 1.82) is 0 Å². The molecule has 7 heteroatoms. The Labute approximate surface area is 182 Å². The van der Waals surface area contributed by atoms with Crippen molar-refractivity contribution in [3.63, 3.8) is 0 Å². The summed E-state index contributed by atoms with van der Waals surface area (Å²) in [5.41, 5.74) is 3.92. The zero-order valence-electron chi connectivity index (χ0n) is 18.3. The van der Waals surface area contributed by atoms with Crippen LogP contribution in [0.2, 0.25) is 0 Å². The van der Waals surface area contributed by atoms with Crippen LogP contribution in [0.25, 0.3) is 0 Å². The standard InChI is InChI=1S/C24H29NO6/c1-25-9-8-16-11-22-24(31-14-30-22)18(13-26)23(16)19(25)12-17(27)6-4-15-5-7-20(28-2)21(10-15)29-3/h5,7,10-11,19,26H,4,6,8-9,12-14H2,1-3H3. The van der Waals surface area contributed by atoms with E-state index in [4.69, 9.17) is 18.9 Å². The van der Waals surface area contributed by atoms with Crippen LogP contribution in [0.15, 0.2) is 24.3 Å². The van der Waals surface area contributed by atoms with Crippen molar-refractivity contribution in [2.75, 3.05) is 34.6 Å². The number of fused-ring (bicyclic) bond motifs is 2. The quantitative estimate of drug-likeness (QED) is 0.694. The van der Waals surface area contributed by atoms with Crippen LogP contribution in [0.3, 0.4) is 0 Å².